The fraction of sp³-hybridized carbons (Fsp3) is 0.387. The fourth-order valence-corrected chi connectivity index (χ4v) is 5.22. The molecule has 0 spiro atoms. The van der Waals surface area contributed by atoms with Crippen LogP contribution in [0.15, 0.2) is 59.3 Å². The molecule has 0 bridgehead atoms. The Balaban J connectivity index is 0.000000190. The Labute approximate surface area is 222 Å². The number of fused-ring (bicyclic) bond motifs is 1. The highest BCUT2D eigenvalue weighted by atomic mass is 16.5. The lowest BCUT2D eigenvalue weighted by Crippen LogP contribution is -2.24. The van der Waals surface area contributed by atoms with Gasteiger partial charge < -0.3 is 19.5 Å². The zero-order valence-corrected chi connectivity index (χ0v) is 21.9. The minimum Gasteiger partial charge on any atom is -0.478 e. The molecule has 0 unspecified atom stereocenters. The third-order valence-electron chi connectivity index (χ3n) is 7.47. The first-order valence-electron chi connectivity index (χ1n) is 13.3. The Hall–Kier alpha value is -3.55. The minimum absolute atomic E-state index is 0.150. The number of aliphatic hydroxyl groups is 1. The number of aromatic nitrogens is 2. The molecule has 2 aliphatic carbocycles. The van der Waals surface area contributed by atoms with E-state index in [1.807, 2.05) is 0 Å². The van der Waals surface area contributed by atoms with E-state index in [1.165, 1.54) is 29.5 Å². The first kappa shape index (κ1) is 26.1. The van der Waals surface area contributed by atoms with Gasteiger partial charge in [0.15, 0.2) is 0 Å². The van der Waals surface area contributed by atoms with Crippen molar-refractivity contribution < 1.29 is 24.3 Å². The van der Waals surface area contributed by atoms with Gasteiger partial charge in [-0.05, 0) is 81.7 Å². The number of hydrogen-bond donors (Lipinski definition) is 2. The van der Waals surface area contributed by atoms with E-state index in [1.54, 1.807) is 36.5 Å². The van der Waals surface area contributed by atoms with Crippen LogP contribution in [0.4, 0.5) is 0 Å². The van der Waals surface area contributed by atoms with Crippen LogP contribution in [0, 0.1) is 13.8 Å². The van der Waals surface area contributed by atoms with Crippen molar-refractivity contribution in [1.29, 1.82) is 0 Å². The van der Waals surface area contributed by atoms with Crippen molar-refractivity contribution in [3.8, 4) is 11.3 Å². The van der Waals surface area contributed by atoms with Gasteiger partial charge in [-0.15, -0.1) is 0 Å². The molecule has 2 saturated carbocycles. The SMILES string of the molecule is Cc1cccc(C)c1-c1noc(C2CC2)c1COC1CCC(O)CC1.O=C(O)c1cccc2ncccc12. The van der Waals surface area contributed by atoms with E-state index < -0.39 is 5.97 Å². The summed E-state index contributed by atoms with van der Waals surface area (Å²) in [6.07, 6.45) is 7.65. The summed E-state index contributed by atoms with van der Waals surface area (Å²) in [6.45, 7) is 4.81. The first-order chi connectivity index (χ1) is 18.4. The van der Waals surface area contributed by atoms with Crippen LogP contribution in [-0.2, 0) is 11.3 Å². The van der Waals surface area contributed by atoms with E-state index in [2.05, 4.69) is 42.2 Å². The van der Waals surface area contributed by atoms with Crippen LogP contribution >= 0.6 is 0 Å². The Kier molecular flexibility index (Phi) is 7.86. The van der Waals surface area contributed by atoms with Crippen molar-refractivity contribution >= 4 is 16.9 Å². The molecule has 7 heteroatoms. The van der Waals surface area contributed by atoms with Gasteiger partial charge in [0.05, 0.1) is 29.9 Å². The highest BCUT2D eigenvalue weighted by Gasteiger charge is 2.33. The number of benzene rings is 2. The summed E-state index contributed by atoms with van der Waals surface area (Å²) >= 11 is 0. The van der Waals surface area contributed by atoms with Crippen LogP contribution in [-0.4, -0.2) is 38.5 Å². The topological polar surface area (TPSA) is 106 Å². The predicted molar refractivity (Wildman–Crippen MR) is 145 cm³/mol. The second-order valence-corrected chi connectivity index (χ2v) is 10.3. The molecule has 4 aromatic rings. The molecule has 2 fully saturated rings. The van der Waals surface area contributed by atoms with Gasteiger partial charge >= 0.3 is 5.97 Å². The molecule has 38 heavy (non-hydrogen) atoms. The Morgan fingerprint density at radius 1 is 0.974 bits per heavy atom. The average molecular weight is 515 g/mol. The van der Waals surface area contributed by atoms with Gasteiger partial charge in [0.2, 0.25) is 0 Å². The quantitative estimate of drug-likeness (QED) is 0.299. The first-order valence-corrected chi connectivity index (χ1v) is 13.3. The number of nitrogens with zero attached hydrogens (tertiary/aromatic N) is 2. The van der Waals surface area contributed by atoms with Gasteiger partial charge in [0.25, 0.3) is 0 Å². The lowest BCUT2D eigenvalue weighted by Gasteiger charge is -2.25. The van der Waals surface area contributed by atoms with Crippen molar-refractivity contribution in [2.45, 2.75) is 77.1 Å². The van der Waals surface area contributed by atoms with E-state index in [4.69, 9.17) is 14.4 Å². The summed E-state index contributed by atoms with van der Waals surface area (Å²) in [4.78, 5) is 14.8. The Morgan fingerprint density at radius 2 is 1.68 bits per heavy atom. The number of pyridine rings is 1. The molecule has 2 aliphatic rings. The fourth-order valence-electron chi connectivity index (χ4n) is 5.22. The number of carboxylic acid groups (broad SMARTS) is 1. The highest BCUT2D eigenvalue weighted by molar-refractivity contribution is 6.02. The van der Waals surface area contributed by atoms with E-state index >= 15 is 0 Å². The van der Waals surface area contributed by atoms with Gasteiger partial charge in [-0.2, -0.15) is 0 Å². The molecule has 0 radical (unpaired) electrons. The maximum atomic E-state index is 10.8. The van der Waals surface area contributed by atoms with Crippen LogP contribution in [0.25, 0.3) is 22.2 Å². The largest absolute Gasteiger partial charge is 0.478 e. The maximum absolute atomic E-state index is 10.8. The smallest absolute Gasteiger partial charge is 0.336 e. The van der Waals surface area contributed by atoms with Gasteiger partial charge in [-0.1, -0.05) is 35.5 Å². The van der Waals surface area contributed by atoms with Gasteiger partial charge in [0.1, 0.15) is 11.5 Å². The molecule has 7 nitrogen and oxygen atoms in total. The van der Waals surface area contributed by atoms with E-state index in [-0.39, 0.29) is 12.2 Å². The lowest BCUT2D eigenvalue weighted by molar-refractivity contribution is -0.0121. The summed E-state index contributed by atoms with van der Waals surface area (Å²) in [5.74, 6) is 0.615. The zero-order valence-electron chi connectivity index (χ0n) is 21.9. The van der Waals surface area contributed by atoms with E-state index in [9.17, 15) is 9.90 Å². The molecule has 0 saturated heterocycles. The second kappa shape index (κ2) is 11.5. The molecular weight excluding hydrogens is 480 g/mol. The van der Waals surface area contributed by atoms with Crippen LogP contribution in [0.3, 0.4) is 0 Å². The van der Waals surface area contributed by atoms with Crippen molar-refractivity contribution in [3.05, 3.63) is 82.7 Å². The van der Waals surface area contributed by atoms with Crippen molar-refractivity contribution in [2.75, 3.05) is 0 Å². The number of hydrogen-bond acceptors (Lipinski definition) is 6. The Morgan fingerprint density at radius 3 is 2.37 bits per heavy atom. The summed E-state index contributed by atoms with van der Waals surface area (Å²) in [5, 5.41) is 23.7. The maximum Gasteiger partial charge on any atom is 0.336 e. The summed E-state index contributed by atoms with van der Waals surface area (Å²) in [5.41, 5.74) is 6.71. The van der Waals surface area contributed by atoms with Gasteiger partial charge in [-0.3, -0.25) is 4.98 Å². The van der Waals surface area contributed by atoms with Crippen LogP contribution < -0.4 is 0 Å². The molecule has 2 aromatic carbocycles. The van der Waals surface area contributed by atoms with Crippen molar-refractivity contribution in [2.24, 2.45) is 0 Å². The third kappa shape index (κ3) is 5.79. The molecule has 2 heterocycles. The molecule has 0 amide bonds. The van der Waals surface area contributed by atoms with Crippen LogP contribution in [0.2, 0.25) is 0 Å². The molecule has 6 rings (SSSR count). The Bertz CT molecular complexity index is 1390. The van der Waals surface area contributed by atoms with E-state index in [0.717, 1.165) is 42.7 Å². The molecule has 2 aromatic heterocycles. The molecule has 198 valence electrons. The lowest BCUT2D eigenvalue weighted by atomic mass is 9.94. The standard InChI is InChI=1S/C21H27NO3.C10H7NO2/c1-13-4-3-5-14(2)19(13)20-18(21(25-22-20)15-6-7-15)12-24-17-10-8-16(23)9-11-17;12-10(13)8-3-1-5-9-7(8)4-2-6-11-9/h3-5,15-17,23H,6-12H2,1-2H3;1-6H,(H,12,13). The van der Waals surface area contributed by atoms with Crippen molar-refractivity contribution in [3.63, 3.8) is 0 Å². The second-order valence-electron chi connectivity index (χ2n) is 10.3. The van der Waals surface area contributed by atoms with Crippen LogP contribution in [0.1, 0.15) is 77.3 Å². The number of carbonyl (C=O) groups is 1. The summed E-state index contributed by atoms with van der Waals surface area (Å²) < 4.78 is 12.0. The molecule has 0 atom stereocenters. The minimum atomic E-state index is -0.918. The number of aryl methyl sites for hydroxylation is 2. The monoisotopic (exact) mass is 514 g/mol. The zero-order chi connectivity index (χ0) is 26.6. The highest BCUT2D eigenvalue weighted by Crippen LogP contribution is 2.45. The average Bonchev–Trinajstić information content (AvgIpc) is 3.68. The number of rotatable bonds is 6. The number of aliphatic hydroxyl groups excluding tert-OH is 1. The van der Waals surface area contributed by atoms with Crippen LogP contribution in [0.5, 0.6) is 0 Å². The van der Waals surface area contributed by atoms with Gasteiger partial charge in [-0.25, -0.2) is 4.79 Å². The number of aromatic carboxylic acids is 1. The summed E-state index contributed by atoms with van der Waals surface area (Å²) in [7, 11) is 0. The molecule has 0 aliphatic heterocycles. The van der Waals surface area contributed by atoms with E-state index in [0.29, 0.717) is 29.0 Å². The predicted octanol–water partition coefficient (Wildman–Crippen LogP) is 6.59. The summed E-state index contributed by atoms with van der Waals surface area (Å²) in [6, 6.07) is 14.9. The van der Waals surface area contributed by atoms with Gasteiger partial charge in [0, 0.05) is 28.6 Å². The third-order valence-corrected chi connectivity index (χ3v) is 7.47. The molecule has 2 N–H and O–H groups in total. The number of ether oxygens (including phenoxy) is 1. The number of carboxylic acids is 1. The van der Waals surface area contributed by atoms with Crippen molar-refractivity contribution in [1.82, 2.24) is 10.1 Å². The molecular formula is C31H34N2O5. The normalized spacial score (nSPS) is 19.1.